The summed E-state index contributed by atoms with van der Waals surface area (Å²) >= 11 is 0. The molecule has 0 atom stereocenters. The van der Waals surface area contributed by atoms with Crippen molar-refractivity contribution in [1.82, 2.24) is 5.32 Å². The Bertz CT molecular complexity index is 769. The van der Waals surface area contributed by atoms with Crippen molar-refractivity contribution < 1.29 is 19.6 Å². The van der Waals surface area contributed by atoms with Crippen LogP contribution in [0.1, 0.15) is 11.1 Å². The van der Waals surface area contributed by atoms with E-state index in [2.05, 4.69) is 5.32 Å². The lowest BCUT2D eigenvalue weighted by atomic mass is 10.1. The number of non-ortho nitro benzene ring substituents is 1. The molecule has 2 aromatic rings. The fourth-order valence-corrected chi connectivity index (χ4v) is 1.96. The predicted octanol–water partition coefficient (Wildman–Crippen LogP) is 2.64. The first-order valence-electron chi connectivity index (χ1n) is 7.06. The number of aromatic hydroxyl groups is 1. The number of amides is 1. The van der Waals surface area contributed by atoms with E-state index in [1.165, 1.54) is 24.3 Å². The molecule has 0 heterocycles. The first-order chi connectivity index (χ1) is 11.5. The molecule has 7 heteroatoms. The van der Waals surface area contributed by atoms with E-state index in [4.69, 9.17) is 4.74 Å². The maximum Gasteiger partial charge on any atom is 0.270 e. The van der Waals surface area contributed by atoms with Crippen LogP contribution in [0.2, 0.25) is 0 Å². The maximum atomic E-state index is 11.8. The van der Waals surface area contributed by atoms with Gasteiger partial charge in [0.1, 0.15) is 11.5 Å². The number of hydrogen-bond acceptors (Lipinski definition) is 5. The van der Waals surface area contributed by atoms with Crippen molar-refractivity contribution in [3.05, 3.63) is 69.8 Å². The van der Waals surface area contributed by atoms with E-state index in [-0.39, 0.29) is 29.5 Å². The van der Waals surface area contributed by atoms with Gasteiger partial charge in [0.2, 0.25) is 5.91 Å². The molecule has 0 aliphatic carbocycles. The van der Waals surface area contributed by atoms with Gasteiger partial charge in [-0.3, -0.25) is 14.9 Å². The summed E-state index contributed by atoms with van der Waals surface area (Å²) in [6.07, 6.45) is 2.97. The van der Waals surface area contributed by atoms with Crippen molar-refractivity contribution in [3.63, 3.8) is 0 Å². The minimum Gasteiger partial charge on any atom is -0.508 e. The molecule has 0 bridgehead atoms. The van der Waals surface area contributed by atoms with Crippen LogP contribution >= 0.6 is 0 Å². The number of nitro benzene ring substituents is 1. The van der Waals surface area contributed by atoms with E-state index in [9.17, 15) is 20.0 Å². The molecule has 7 nitrogen and oxygen atoms in total. The highest BCUT2D eigenvalue weighted by molar-refractivity contribution is 5.91. The normalized spacial score (nSPS) is 10.5. The highest BCUT2D eigenvalue weighted by Gasteiger charge is 2.10. The zero-order chi connectivity index (χ0) is 17.5. The van der Waals surface area contributed by atoms with Crippen molar-refractivity contribution in [1.29, 1.82) is 0 Å². The number of carbonyl (C=O) groups excluding carboxylic acids is 1. The standard InChI is InChI=1S/C17H16N2O5/c1-24-15-6-2-12(3-7-15)4-9-17(21)18-11-13-10-14(19(22)23)5-8-16(13)20/h2-10,20H,11H2,1H3,(H,18,21)/b9-4+. The van der Waals surface area contributed by atoms with Crippen LogP contribution in [0, 0.1) is 10.1 Å². The summed E-state index contributed by atoms with van der Waals surface area (Å²) in [5, 5.41) is 23.0. The number of ether oxygens (including phenoxy) is 1. The number of rotatable bonds is 6. The Morgan fingerprint density at radius 1 is 1.29 bits per heavy atom. The van der Waals surface area contributed by atoms with Crippen LogP contribution < -0.4 is 10.1 Å². The van der Waals surface area contributed by atoms with Gasteiger partial charge in [0.15, 0.2) is 0 Å². The van der Waals surface area contributed by atoms with Gasteiger partial charge in [-0.1, -0.05) is 12.1 Å². The van der Waals surface area contributed by atoms with Crippen molar-refractivity contribution in [2.45, 2.75) is 6.54 Å². The summed E-state index contributed by atoms with van der Waals surface area (Å²) in [6, 6.07) is 10.8. The average molecular weight is 328 g/mol. The second kappa shape index (κ2) is 7.77. The Hall–Kier alpha value is -3.35. The highest BCUT2D eigenvalue weighted by atomic mass is 16.6. The first kappa shape index (κ1) is 17.0. The molecule has 2 N–H and O–H groups in total. The topological polar surface area (TPSA) is 102 Å². The molecule has 124 valence electrons. The zero-order valence-electron chi connectivity index (χ0n) is 12.9. The molecular formula is C17H16N2O5. The first-order valence-corrected chi connectivity index (χ1v) is 7.06. The van der Waals surface area contributed by atoms with Gasteiger partial charge in [-0.2, -0.15) is 0 Å². The van der Waals surface area contributed by atoms with E-state index in [0.717, 1.165) is 11.3 Å². The lowest BCUT2D eigenvalue weighted by Crippen LogP contribution is -2.20. The van der Waals surface area contributed by atoms with E-state index in [0.29, 0.717) is 0 Å². The lowest BCUT2D eigenvalue weighted by Gasteiger charge is -2.05. The fraction of sp³-hybridized carbons (Fsp3) is 0.118. The van der Waals surface area contributed by atoms with Gasteiger partial charge in [0, 0.05) is 30.3 Å². The van der Waals surface area contributed by atoms with Gasteiger partial charge in [-0.15, -0.1) is 0 Å². The van der Waals surface area contributed by atoms with Crippen LogP contribution in [0.3, 0.4) is 0 Å². The van der Waals surface area contributed by atoms with E-state index in [1.807, 2.05) is 0 Å². The molecule has 0 fully saturated rings. The molecule has 2 rings (SSSR count). The molecule has 0 radical (unpaired) electrons. The van der Waals surface area contributed by atoms with Crippen molar-refractivity contribution in [2.75, 3.05) is 7.11 Å². The van der Waals surface area contributed by atoms with Crippen LogP contribution in [0.5, 0.6) is 11.5 Å². The molecule has 0 saturated heterocycles. The summed E-state index contributed by atoms with van der Waals surface area (Å²) in [5.41, 5.74) is 0.949. The summed E-state index contributed by atoms with van der Waals surface area (Å²) in [6.45, 7) is -0.0146. The number of hydrogen-bond donors (Lipinski definition) is 2. The van der Waals surface area contributed by atoms with Crippen LogP contribution in [-0.4, -0.2) is 23.0 Å². The summed E-state index contributed by atoms with van der Waals surface area (Å²) in [7, 11) is 1.57. The van der Waals surface area contributed by atoms with Crippen molar-refractivity contribution in [3.8, 4) is 11.5 Å². The van der Waals surface area contributed by atoms with Crippen molar-refractivity contribution in [2.24, 2.45) is 0 Å². The Morgan fingerprint density at radius 2 is 2.00 bits per heavy atom. The lowest BCUT2D eigenvalue weighted by molar-refractivity contribution is -0.384. The number of phenolic OH excluding ortho intramolecular Hbond substituents is 1. The number of phenols is 1. The van der Waals surface area contributed by atoms with E-state index < -0.39 is 4.92 Å². The largest absolute Gasteiger partial charge is 0.508 e. The SMILES string of the molecule is COc1ccc(/C=C/C(=O)NCc2cc([N+](=O)[O-])ccc2O)cc1. The van der Waals surface area contributed by atoms with Crippen LogP contribution in [-0.2, 0) is 11.3 Å². The van der Waals surface area contributed by atoms with Gasteiger partial charge in [-0.25, -0.2) is 0 Å². The Kier molecular flexibility index (Phi) is 5.51. The quantitative estimate of drug-likeness (QED) is 0.482. The molecule has 1 amide bonds. The molecule has 0 aromatic heterocycles. The second-order valence-electron chi connectivity index (χ2n) is 4.89. The smallest absolute Gasteiger partial charge is 0.270 e. The number of nitro groups is 1. The van der Waals surface area contributed by atoms with Crippen LogP contribution in [0.25, 0.3) is 6.08 Å². The predicted molar refractivity (Wildman–Crippen MR) is 88.6 cm³/mol. The fourth-order valence-electron chi connectivity index (χ4n) is 1.96. The maximum absolute atomic E-state index is 11.8. The van der Waals surface area contributed by atoms with Gasteiger partial charge < -0.3 is 15.2 Å². The molecular weight excluding hydrogens is 312 g/mol. The van der Waals surface area contributed by atoms with Gasteiger partial charge in [-0.05, 0) is 29.8 Å². The number of nitrogens with zero attached hydrogens (tertiary/aromatic N) is 1. The van der Waals surface area contributed by atoms with E-state index >= 15 is 0 Å². The van der Waals surface area contributed by atoms with Gasteiger partial charge >= 0.3 is 0 Å². The third kappa shape index (κ3) is 4.57. The van der Waals surface area contributed by atoms with Crippen molar-refractivity contribution >= 4 is 17.7 Å². The van der Waals surface area contributed by atoms with E-state index in [1.54, 1.807) is 37.5 Å². The third-order valence-electron chi connectivity index (χ3n) is 3.27. The van der Waals surface area contributed by atoms with Gasteiger partial charge in [0.25, 0.3) is 5.69 Å². The Morgan fingerprint density at radius 3 is 2.62 bits per heavy atom. The van der Waals surface area contributed by atoms with Crippen LogP contribution in [0.4, 0.5) is 5.69 Å². The highest BCUT2D eigenvalue weighted by Crippen LogP contribution is 2.22. The Balaban J connectivity index is 1.96. The molecule has 24 heavy (non-hydrogen) atoms. The van der Waals surface area contributed by atoms with Gasteiger partial charge in [0.05, 0.1) is 12.0 Å². The summed E-state index contributed by atoms with van der Waals surface area (Å²) < 4.78 is 5.04. The molecule has 0 spiro atoms. The number of methoxy groups -OCH3 is 1. The molecule has 2 aromatic carbocycles. The summed E-state index contributed by atoms with van der Waals surface area (Å²) in [5.74, 6) is 0.231. The number of nitrogens with one attached hydrogen (secondary N) is 1. The Labute approximate surface area is 138 Å². The number of carbonyl (C=O) groups is 1. The minimum absolute atomic E-state index is 0.0146. The monoisotopic (exact) mass is 328 g/mol. The average Bonchev–Trinajstić information content (AvgIpc) is 2.59. The second-order valence-corrected chi connectivity index (χ2v) is 4.89. The molecule has 0 aliphatic rings. The molecule has 0 saturated carbocycles. The molecule has 0 aliphatic heterocycles. The zero-order valence-corrected chi connectivity index (χ0v) is 12.9. The van der Waals surface area contributed by atoms with Crippen LogP contribution in [0.15, 0.2) is 48.5 Å². The molecule has 0 unspecified atom stereocenters. The minimum atomic E-state index is -0.561. The summed E-state index contributed by atoms with van der Waals surface area (Å²) in [4.78, 5) is 22.0. The third-order valence-corrected chi connectivity index (χ3v) is 3.27. The number of benzene rings is 2.